The van der Waals surface area contributed by atoms with Crippen LogP contribution in [0, 0.1) is 6.92 Å². The van der Waals surface area contributed by atoms with Gasteiger partial charge in [0.25, 0.3) is 0 Å². The molecule has 1 aliphatic rings. The second kappa shape index (κ2) is 10.0. The number of nitrogens with zero attached hydrogens (tertiary/aromatic N) is 1. The molecule has 192 valence electrons. The summed E-state index contributed by atoms with van der Waals surface area (Å²) in [5, 5.41) is 0. The Kier molecular flexibility index (Phi) is 7.06. The summed E-state index contributed by atoms with van der Waals surface area (Å²) in [6.45, 7) is 6.93. The van der Waals surface area contributed by atoms with Crippen LogP contribution >= 0.6 is 0 Å². The Morgan fingerprint density at radius 3 is 2.00 bits per heavy atom. The zero-order valence-electron chi connectivity index (χ0n) is 22.1. The molecule has 1 aliphatic heterocycles. The molecule has 36 heavy (non-hydrogen) atoms. The van der Waals surface area contributed by atoms with Gasteiger partial charge in [-0.05, 0) is 55.2 Å². The van der Waals surface area contributed by atoms with Gasteiger partial charge in [0.2, 0.25) is 5.75 Å². The van der Waals surface area contributed by atoms with Crippen molar-refractivity contribution < 1.29 is 33.2 Å². The summed E-state index contributed by atoms with van der Waals surface area (Å²) >= 11 is 0. The molecule has 2 aromatic carbocycles. The Hall–Kier alpha value is -3.81. The summed E-state index contributed by atoms with van der Waals surface area (Å²) in [7, 11) is 7.93. The highest BCUT2D eigenvalue weighted by atomic mass is 16.5. The largest absolute Gasteiger partial charge is 0.493 e. The smallest absolute Gasteiger partial charge is 0.340 e. The normalized spacial score (nSPS) is 13.9. The molecular weight excluding hydrogens is 462 g/mol. The number of esters is 1. The minimum Gasteiger partial charge on any atom is -0.493 e. The molecule has 0 saturated carbocycles. The van der Waals surface area contributed by atoms with Crippen LogP contribution in [0.5, 0.6) is 28.7 Å². The molecule has 0 spiro atoms. The Balaban J connectivity index is 2.09. The lowest BCUT2D eigenvalue weighted by Gasteiger charge is -2.28. The number of rotatable bonds is 8. The van der Waals surface area contributed by atoms with E-state index < -0.39 is 5.97 Å². The third-order valence-electron chi connectivity index (χ3n) is 6.75. The predicted molar refractivity (Wildman–Crippen MR) is 137 cm³/mol. The third-order valence-corrected chi connectivity index (χ3v) is 6.75. The minimum absolute atomic E-state index is 0.182. The van der Waals surface area contributed by atoms with E-state index in [0.29, 0.717) is 40.9 Å². The molecule has 2 heterocycles. The highest BCUT2D eigenvalue weighted by Crippen LogP contribution is 2.50. The second-order valence-electron chi connectivity index (χ2n) is 8.62. The van der Waals surface area contributed by atoms with Gasteiger partial charge < -0.3 is 33.0 Å². The summed E-state index contributed by atoms with van der Waals surface area (Å²) in [6.07, 6.45) is 0. The first-order valence-electron chi connectivity index (χ1n) is 11.8. The second-order valence-corrected chi connectivity index (χ2v) is 8.62. The van der Waals surface area contributed by atoms with Crippen LogP contribution in [0.2, 0.25) is 0 Å². The van der Waals surface area contributed by atoms with E-state index in [-0.39, 0.29) is 12.5 Å². The summed E-state index contributed by atoms with van der Waals surface area (Å²) < 4.78 is 35.6. The molecule has 8 nitrogen and oxygen atoms in total. The summed E-state index contributed by atoms with van der Waals surface area (Å²) in [4.78, 5) is 13.5. The van der Waals surface area contributed by atoms with E-state index in [2.05, 4.69) is 11.5 Å². The fourth-order valence-electron chi connectivity index (χ4n) is 5.11. The number of ether oxygens (including phenoxy) is 6. The minimum atomic E-state index is -0.395. The van der Waals surface area contributed by atoms with Crippen molar-refractivity contribution >= 4 is 5.97 Å². The van der Waals surface area contributed by atoms with Gasteiger partial charge >= 0.3 is 5.97 Å². The van der Waals surface area contributed by atoms with Gasteiger partial charge in [-0.15, -0.1) is 0 Å². The van der Waals surface area contributed by atoms with Crippen LogP contribution in [0.4, 0.5) is 0 Å². The van der Waals surface area contributed by atoms with Crippen molar-refractivity contribution in [2.75, 3.05) is 42.2 Å². The van der Waals surface area contributed by atoms with Gasteiger partial charge in [0, 0.05) is 23.4 Å². The van der Waals surface area contributed by atoms with Crippen LogP contribution in [0.3, 0.4) is 0 Å². The van der Waals surface area contributed by atoms with Gasteiger partial charge in [-0.1, -0.05) is 6.92 Å². The van der Waals surface area contributed by atoms with Crippen LogP contribution in [0.15, 0.2) is 24.3 Å². The van der Waals surface area contributed by atoms with Gasteiger partial charge in [0.1, 0.15) is 0 Å². The molecule has 1 atom stereocenters. The fourth-order valence-corrected chi connectivity index (χ4v) is 5.11. The Labute approximate surface area is 211 Å². The molecule has 0 radical (unpaired) electrons. The Bertz CT molecular complexity index is 1280. The number of aromatic nitrogens is 1. The van der Waals surface area contributed by atoms with E-state index in [1.54, 1.807) is 42.5 Å². The van der Waals surface area contributed by atoms with Gasteiger partial charge in [-0.25, -0.2) is 4.79 Å². The molecular formula is C28H33NO7. The van der Waals surface area contributed by atoms with Crippen molar-refractivity contribution in [2.45, 2.75) is 33.2 Å². The highest BCUT2D eigenvalue weighted by molar-refractivity contribution is 6.06. The molecule has 0 amide bonds. The topological polar surface area (TPSA) is 77.4 Å². The number of benzene rings is 2. The number of methoxy groups -OCH3 is 5. The van der Waals surface area contributed by atoms with E-state index in [0.717, 1.165) is 33.6 Å². The van der Waals surface area contributed by atoms with Crippen molar-refractivity contribution in [1.82, 2.24) is 4.57 Å². The van der Waals surface area contributed by atoms with Gasteiger partial charge in [-0.2, -0.15) is 0 Å². The molecule has 4 rings (SSSR count). The average Bonchev–Trinajstić information content (AvgIpc) is 3.19. The first-order valence-corrected chi connectivity index (χ1v) is 11.8. The standard InChI is InChI=1S/C28H33NO7/c1-9-36-28(30)25-24(17-10-22(33-6)27(35-8)23(11-17)34-7)16(3)29-14-15(2)18-12-20(31-4)21(32-5)13-19(18)26(25)29/h10-13,15H,9,14H2,1-8H3/t15-/m1/s1. The maximum atomic E-state index is 13.5. The van der Waals surface area contributed by atoms with Crippen molar-refractivity contribution in [3.05, 3.63) is 41.1 Å². The summed E-state index contributed by atoms with van der Waals surface area (Å²) in [5.74, 6) is 2.53. The molecule has 0 unspecified atom stereocenters. The first kappa shape index (κ1) is 25.3. The monoisotopic (exact) mass is 495 g/mol. The SMILES string of the molecule is CCOC(=O)c1c(-c2cc(OC)c(OC)c(OC)c2)c(C)n2c1-c1cc(OC)c(OC)cc1[C@H](C)C2. The zero-order chi connectivity index (χ0) is 26.1. The molecule has 1 aromatic heterocycles. The van der Waals surface area contributed by atoms with Crippen LogP contribution in [0.1, 0.15) is 41.4 Å². The maximum absolute atomic E-state index is 13.5. The molecule has 0 fully saturated rings. The van der Waals surface area contributed by atoms with Gasteiger partial charge in [0.15, 0.2) is 23.0 Å². The summed E-state index contributed by atoms with van der Waals surface area (Å²) in [6, 6.07) is 7.66. The predicted octanol–water partition coefficient (Wildman–Crippen LogP) is 5.47. The van der Waals surface area contributed by atoms with Crippen molar-refractivity contribution in [3.8, 4) is 51.1 Å². The first-order chi connectivity index (χ1) is 17.3. The lowest BCUT2D eigenvalue weighted by molar-refractivity contribution is 0.0528. The van der Waals surface area contributed by atoms with Gasteiger partial charge in [-0.3, -0.25) is 0 Å². The molecule has 0 aliphatic carbocycles. The maximum Gasteiger partial charge on any atom is 0.340 e. The van der Waals surface area contributed by atoms with E-state index in [1.165, 1.54) is 0 Å². The lowest BCUT2D eigenvalue weighted by Crippen LogP contribution is -2.17. The molecule has 0 bridgehead atoms. The molecule has 0 N–H and O–H groups in total. The van der Waals surface area contributed by atoms with E-state index >= 15 is 0 Å². The molecule has 3 aromatic rings. The van der Waals surface area contributed by atoms with Crippen LogP contribution in [0.25, 0.3) is 22.4 Å². The molecule has 0 saturated heterocycles. The van der Waals surface area contributed by atoms with E-state index in [4.69, 9.17) is 28.4 Å². The third kappa shape index (κ3) is 3.90. The Morgan fingerprint density at radius 2 is 1.47 bits per heavy atom. The number of hydrogen-bond acceptors (Lipinski definition) is 7. The number of carbonyl (C=O) groups is 1. The Morgan fingerprint density at radius 1 is 0.889 bits per heavy atom. The van der Waals surface area contributed by atoms with Crippen LogP contribution in [-0.2, 0) is 11.3 Å². The number of hydrogen-bond donors (Lipinski definition) is 0. The van der Waals surface area contributed by atoms with E-state index in [1.807, 2.05) is 31.2 Å². The van der Waals surface area contributed by atoms with Crippen LogP contribution < -0.4 is 23.7 Å². The lowest BCUT2D eigenvalue weighted by atomic mass is 9.88. The van der Waals surface area contributed by atoms with Crippen molar-refractivity contribution in [2.24, 2.45) is 0 Å². The highest BCUT2D eigenvalue weighted by Gasteiger charge is 2.35. The quantitative estimate of drug-likeness (QED) is 0.384. The number of fused-ring (bicyclic) bond motifs is 3. The van der Waals surface area contributed by atoms with Gasteiger partial charge in [0.05, 0.1) is 53.4 Å². The summed E-state index contributed by atoms with van der Waals surface area (Å²) in [5.41, 5.74) is 5.75. The fraction of sp³-hybridized carbons (Fsp3) is 0.393. The average molecular weight is 496 g/mol. The van der Waals surface area contributed by atoms with Crippen molar-refractivity contribution in [1.29, 1.82) is 0 Å². The van der Waals surface area contributed by atoms with Crippen LogP contribution in [-0.4, -0.2) is 52.7 Å². The van der Waals surface area contributed by atoms with Crippen molar-refractivity contribution in [3.63, 3.8) is 0 Å². The zero-order valence-corrected chi connectivity index (χ0v) is 22.1. The van der Waals surface area contributed by atoms with E-state index in [9.17, 15) is 4.79 Å². The molecule has 8 heteroatoms. The number of carbonyl (C=O) groups excluding carboxylic acids is 1.